The van der Waals surface area contributed by atoms with E-state index in [1.165, 1.54) is 0 Å². The van der Waals surface area contributed by atoms with Crippen molar-refractivity contribution in [2.24, 2.45) is 0 Å². The normalized spacial score (nSPS) is 11.9. The molecule has 0 saturated carbocycles. The third kappa shape index (κ3) is 3.83. The van der Waals surface area contributed by atoms with Crippen molar-refractivity contribution < 1.29 is 19.1 Å². The van der Waals surface area contributed by atoms with Gasteiger partial charge in [-0.1, -0.05) is 48.9 Å². The third-order valence-electron chi connectivity index (χ3n) is 3.66. The van der Waals surface area contributed by atoms with Crippen molar-refractivity contribution in [1.82, 2.24) is 4.98 Å². The van der Waals surface area contributed by atoms with Crippen LogP contribution in [0.4, 0.5) is 0 Å². The SMILES string of the molecule is CCc1coc(-c2cc(Cl)ccc2OC(C(=O)O)c2ccccc2)n1. The zero-order valence-corrected chi connectivity index (χ0v) is 14.2. The molecule has 128 valence electrons. The Kier molecular flexibility index (Phi) is 5.05. The van der Waals surface area contributed by atoms with Crippen LogP contribution >= 0.6 is 11.6 Å². The first kappa shape index (κ1) is 17.0. The largest absolute Gasteiger partial charge is 0.478 e. The maximum Gasteiger partial charge on any atom is 0.349 e. The molecule has 0 radical (unpaired) electrons. The number of aliphatic carboxylic acids is 1. The van der Waals surface area contributed by atoms with Crippen LogP contribution in [0.3, 0.4) is 0 Å². The molecule has 5 nitrogen and oxygen atoms in total. The molecule has 1 unspecified atom stereocenters. The molecule has 0 aliphatic carbocycles. The number of carboxylic acids is 1. The number of nitrogens with zero attached hydrogens (tertiary/aromatic N) is 1. The van der Waals surface area contributed by atoms with E-state index in [1.54, 1.807) is 48.7 Å². The number of carboxylic acid groups (broad SMARTS) is 1. The first-order valence-electron chi connectivity index (χ1n) is 7.77. The van der Waals surface area contributed by atoms with Gasteiger partial charge in [-0.3, -0.25) is 0 Å². The van der Waals surface area contributed by atoms with Crippen LogP contribution in [-0.2, 0) is 11.2 Å². The predicted molar refractivity (Wildman–Crippen MR) is 93.8 cm³/mol. The van der Waals surface area contributed by atoms with Crippen molar-refractivity contribution in [2.45, 2.75) is 19.4 Å². The van der Waals surface area contributed by atoms with Crippen LogP contribution in [0.2, 0.25) is 5.02 Å². The van der Waals surface area contributed by atoms with E-state index in [-0.39, 0.29) is 0 Å². The minimum Gasteiger partial charge on any atom is -0.478 e. The number of carbonyl (C=O) groups is 1. The summed E-state index contributed by atoms with van der Waals surface area (Å²) in [6.45, 7) is 1.97. The molecule has 1 aromatic heterocycles. The van der Waals surface area contributed by atoms with Crippen LogP contribution in [0.15, 0.2) is 59.2 Å². The first-order valence-corrected chi connectivity index (χ1v) is 8.15. The van der Waals surface area contributed by atoms with Gasteiger partial charge in [0.2, 0.25) is 12.0 Å². The number of ether oxygens (including phenoxy) is 1. The molecule has 0 fully saturated rings. The number of aryl methyl sites for hydroxylation is 1. The second kappa shape index (κ2) is 7.40. The Morgan fingerprint density at radius 2 is 2.04 bits per heavy atom. The van der Waals surface area contributed by atoms with Crippen molar-refractivity contribution in [3.8, 4) is 17.2 Å². The van der Waals surface area contributed by atoms with Gasteiger partial charge >= 0.3 is 5.97 Å². The van der Waals surface area contributed by atoms with Gasteiger partial charge in [0, 0.05) is 10.6 Å². The smallest absolute Gasteiger partial charge is 0.349 e. The van der Waals surface area contributed by atoms with E-state index < -0.39 is 12.1 Å². The van der Waals surface area contributed by atoms with E-state index in [0.29, 0.717) is 27.8 Å². The fourth-order valence-electron chi connectivity index (χ4n) is 2.38. The van der Waals surface area contributed by atoms with Gasteiger partial charge in [0.1, 0.15) is 12.0 Å². The Balaban J connectivity index is 2.00. The Morgan fingerprint density at radius 1 is 1.28 bits per heavy atom. The molecule has 25 heavy (non-hydrogen) atoms. The lowest BCUT2D eigenvalue weighted by molar-refractivity contribution is -0.145. The third-order valence-corrected chi connectivity index (χ3v) is 3.89. The molecule has 0 aliphatic rings. The van der Waals surface area contributed by atoms with E-state index >= 15 is 0 Å². The summed E-state index contributed by atoms with van der Waals surface area (Å²) in [6.07, 6.45) is 1.13. The summed E-state index contributed by atoms with van der Waals surface area (Å²) in [4.78, 5) is 16.1. The average molecular weight is 358 g/mol. The number of benzene rings is 2. The molecule has 6 heteroatoms. The van der Waals surface area contributed by atoms with Gasteiger partial charge in [-0.25, -0.2) is 9.78 Å². The molecule has 3 aromatic rings. The zero-order chi connectivity index (χ0) is 17.8. The summed E-state index contributed by atoms with van der Waals surface area (Å²) in [5, 5.41) is 10.0. The van der Waals surface area contributed by atoms with Crippen LogP contribution in [-0.4, -0.2) is 16.1 Å². The highest BCUT2D eigenvalue weighted by atomic mass is 35.5. The summed E-state index contributed by atoms with van der Waals surface area (Å²) >= 11 is 6.08. The van der Waals surface area contributed by atoms with E-state index in [4.69, 9.17) is 20.8 Å². The predicted octanol–water partition coefficient (Wildman–Crippen LogP) is 4.76. The number of hydrogen-bond acceptors (Lipinski definition) is 4. The molecule has 2 aromatic carbocycles. The van der Waals surface area contributed by atoms with Gasteiger partial charge in [-0.2, -0.15) is 0 Å². The molecule has 3 rings (SSSR count). The molecule has 1 atom stereocenters. The maximum atomic E-state index is 11.7. The van der Waals surface area contributed by atoms with Crippen molar-refractivity contribution in [3.05, 3.63) is 71.1 Å². The Labute approximate surface area is 149 Å². The summed E-state index contributed by atoms with van der Waals surface area (Å²) in [5.41, 5.74) is 1.84. The lowest BCUT2D eigenvalue weighted by Crippen LogP contribution is -2.18. The van der Waals surface area contributed by atoms with Crippen molar-refractivity contribution in [1.29, 1.82) is 0 Å². The molecule has 0 spiro atoms. The average Bonchev–Trinajstić information content (AvgIpc) is 3.10. The standard InChI is InChI=1S/C19H16ClNO4/c1-2-14-11-24-18(21-14)15-10-13(20)8-9-16(15)25-17(19(22)23)12-6-4-3-5-7-12/h3-11,17H,2H2,1H3,(H,22,23). The highest BCUT2D eigenvalue weighted by Gasteiger charge is 2.24. The molecule has 0 amide bonds. The minimum absolute atomic E-state index is 0.338. The van der Waals surface area contributed by atoms with Crippen LogP contribution in [0.25, 0.3) is 11.5 Å². The molecule has 0 saturated heterocycles. The maximum absolute atomic E-state index is 11.7. The minimum atomic E-state index is -1.15. The Morgan fingerprint density at radius 3 is 2.68 bits per heavy atom. The van der Waals surface area contributed by atoms with Gasteiger partial charge in [0.05, 0.1) is 11.3 Å². The molecule has 1 N–H and O–H groups in total. The second-order valence-electron chi connectivity index (χ2n) is 5.38. The highest BCUT2D eigenvalue weighted by Crippen LogP contribution is 2.35. The fourth-order valence-corrected chi connectivity index (χ4v) is 2.55. The monoisotopic (exact) mass is 357 g/mol. The Bertz CT molecular complexity index is 876. The van der Waals surface area contributed by atoms with Gasteiger partial charge in [-0.15, -0.1) is 0 Å². The van der Waals surface area contributed by atoms with Gasteiger partial charge in [0.25, 0.3) is 0 Å². The second-order valence-corrected chi connectivity index (χ2v) is 5.82. The van der Waals surface area contributed by atoms with Crippen LogP contribution in [0.1, 0.15) is 24.3 Å². The topological polar surface area (TPSA) is 72.6 Å². The summed E-state index contributed by atoms with van der Waals surface area (Å²) in [7, 11) is 0. The number of halogens is 1. The van der Waals surface area contributed by atoms with Crippen molar-refractivity contribution >= 4 is 17.6 Å². The van der Waals surface area contributed by atoms with E-state index in [1.807, 2.05) is 13.0 Å². The summed E-state index contributed by atoms with van der Waals surface area (Å²) in [6, 6.07) is 13.6. The number of aromatic nitrogens is 1. The van der Waals surface area contributed by atoms with E-state index in [0.717, 1.165) is 12.1 Å². The summed E-state index contributed by atoms with van der Waals surface area (Å²) < 4.78 is 11.3. The lowest BCUT2D eigenvalue weighted by atomic mass is 10.1. The van der Waals surface area contributed by atoms with E-state index in [9.17, 15) is 9.90 Å². The van der Waals surface area contributed by atoms with Crippen LogP contribution in [0, 0.1) is 0 Å². The van der Waals surface area contributed by atoms with E-state index in [2.05, 4.69) is 4.98 Å². The molecular weight excluding hydrogens is 342 g/mol. The van der Waals surface area contributed by atoms with Crippen molar-refractivity contribution in [2.75, 3.05) is 0 Å². The molecular formula is C19H16ClNO4. The number of rotatable bonds is 6. The fraction of sp³-hybridized carbons (Fsp3) is 0.158. The van der Waals surface area contributed by atoms with Crippen LogP contribution < -0.4 is 4.74 Å². The van der Waals surface area contributed by atoms with Gasteiger partial charge in [-0.05, 0) is 24.6 Å². The quantitative estimate of drug-likeness (QED) is 0.688. The first-order chi connectivity index (χ1) is 12.1. The number of hydrogen-bond donors (Lipinski definition) is 1. The van der Waals surface area contributed by atoms with Crippen LogP contribution in [0.5, 0.6) is 5.75 Å². The number of oxazole rings is 1. The lowest BCUT2D eigenvalue weighted by Gasteiger charge is -2.17. The highest BCUT2D eigenvalue weighted by molar-refractivity contribution is 6.30. The summed E-state index contributed by atoms with van der Waals surface area (Å²) in [5.74, 6) is -0.412. The van der Waals surface area contributed by atoms with Crippen molar-refractivity contribution in [3.63, 3.8) is 0 Å². The van der Waals surface area contributed by atoms with Gasteiger partial charge in [0.15, 0.2) is 0 Å². The molecule has 0 aliphatic heterocycles. The molecule has 0 bridgehead atoms. The molecule has 1 heterocycles. The van der Waals surface area contributed by atoms with Gasteiger partial charge < -0.3 is 14.3 Å². The Hall–Kier alpha value is -2.79. The zero-order valence-electron chi connectivity index (χ0n) is 13.5.